The molecule has 0 fully saturated rings. The molecule has 7 nitrogen and oxygen atoms in total. The first-order valence-electron chi connectivity index (χ1n) is 6.29. The zero-order valence-electron chi connectivity index (χ0n) is 11.8. The summed E-state index contributed by atoms with van der Waals surface area (Å²) >= 11 is 0. The van der Waals surface area contributed by atoms with Crippen LogP contribution in [0.3, 0.4) is 0 Å². The number of amides is 1. The number of carboxylic acid groups (broad SMARTS) is 1. The number of carboxylic acids is 1. The normalized spacial score (nSPS) is 11.8. The van der Waals surface area contributed by atoms with Gasteiger partial charge in [-0.1, -0.05) is 0 Å². The maximum absolute atomic E-state index is 12.5. The lowest BCUT2D eigenvalue weighted by Crippen LogP contribution is -2.38. The van der Waals surface area contributed by atoms with E-state index in [1.807, 2.05) is 0 Å². The minimum Gasteiger partial charge on any atom is -0.481 e. The number of sulfonamides is 1. The number of hydrogen-bond donors (Lipinski definition) is 2. The van der Waals surface area contributed by atoms with Crippen molar-refractivity contribution in [2.24, 2.45) is 5.73 Å². The monoisotopic (exact) mass is 314 g/mol. The second kappa shape index (κ2) is 6.68. The van der Waals surface area contributed by atoms with Crippen molar-refractivity contribution in [2.45, 2.75) is 31.2 Å². The molecule has 8 heteroatoms. The SMILES string of the molecule is CC(C)N(CCC(=O)O)S(=O)(=O)c1ccc(C(N)=O)cc1. The first kappa shape index (κ1) is 17.1. The van der Waals surface area contributed by atoms with Crippen LogP contribution in [0.15, 0.2) is 29.2 Å². The van der Waals surface area contributed by atoms with Crippen molar-refractivity contribution in [3.8, 4) is 0 Å². The number of carbonyl (C=O) groups excluding carboxylic acids is 1. The van der Waals surface area contributed by atoms with E-state index in [9.17, 15) is 18.0 Å². The Kier molecular flexibility index (Phi) is 5.45. The zero-order chi connectivity index (χ0) is 16.2. The summed E-state index contributed by atoms with van der Waals surface area (Å²) in [5, 5.41) is 8.71. The molecule has 0 bridgehead atoms. The van der Waals surface area contributed by atoms with E-state index in [0.29, 0.717) is 0 Å². The first-order chi connectivity index (χ1) is 9.66. The second-order valence-corrected chi connectivity index (χ2v) is 6.63. The van der Waals surface area contributed by atoms with Crippen molar-refractivity contribution in [1.82, 2.24) is 4.31 Å². The Hall–Kier alpha value is -1.93. The van der Waals surface area contributed by atoms with Crippen LogP contribution in [0.5, 0.6) is 0 Å². The summed E-state index contributed by atoms with van der Waals surface area (Å²) in [5.41, 5.74) is 5.30. The fourth-order valence-corrected chi connectivity index (χ4v) is 3.43. The Labute approximate surface area is 123 Å². The van der Waals surface area contributed by atoms with Gasteiger partial charge in [0.05, 0.1) is 11.3 Å². The van der Waals surface area contributed by atoms with Gasteiger partial charge in [0.15, 0.2) is 0 Å². The summed E-state index contributed by atoms with van der Waals surface area (Å²) in [7, 11) is -3.82. The summed E-state index contributed by atoms with van der Waals surface area (Å²) in [6.07, 6.45) is -0.281. The van der Waals surface area contributed by atoms with Crippen LogP contribution in [0.1, 0.15) is 30.6 Å². The van der Waals surface area contributed by atoms with E-state index in [1.165, 1.54) is 24.3 Å². The molecular weight excluding hydrogens is 296 g/mol. The van der Waals surface area contributed by atoms with Crippen molar-refractivity contribution >= 4 is 21.9 Å². The number of carbonyl (C=O) groups is 2. The fourth-order valence-electron chi connectivity index (χ4n) is 1.79. The molecule has 1 aromatic carbocycles. The van der Waals surface area contributed by atoms with Gasteiger partial charge in [0.2, 0.25) is 15.9 Å². The quantitative estimate of drug-likeness (QED) is 0.766. The predicted octanol–water partition coefficient (Wildman–Crippen LogP) is 0.659. The smallest absolute Gasteiger partial charge is 0.304 e. The highest BCUT2D eigenvalue weighted by Gasteiger charge is 2.27. The lowest BCUT2D eigenvalue weighted by atomic mass is 10.2. The molecule has 0 aliphatic heterocycles. The lowest BCUT2D eigenvalue weighted by molar-refractivity contribution is -0.137. The van der Waals surface area contributed by atoms with Gasteiger partial charge in [-0.3, -0.25) is 9.59 Å². The number of benzene rings is 1. The number of primary amides is 1. The van der Waals surface area contributed by atoms with Gasteiger partial charge in [-0.15, -0.1) is 0 Å². The van der Waals surface area contributed by atoms with E-state index in [-0.39, 0.29) is 29.5 Å². The van der Waals surface area contributed by atoms with Gasteiger partial charge in [0, 0.05) is 18.2 Å². The largest absolute Gasteiger partial charge is 0.481 e. The Balaban J connectivity index is 3.10. The van der Waals surface area contributed by atoms with Crippen LogP contribution in [0.4, 0.5) is 0 Å². The number of nitrogens with two attached hydrogens (primary N) is 1. The molecule has 0 saturated heterocycles. The van der Waals surface area contributed by atoms with Crippen LogP contribution < -0.4 is 5.73 Å². The number of hydrogen-bond acceptors (Lipinski definition) is 4. The zero-order valence-corrected chi connectivity index (χ0v) is 12.6. The summed E-state index contributed by atoms with van der Waals surface area (Å²) in [4.78, 5) is 21.6. The van der Waals surface area contributed by atoms with Crippen molar-refractivity contribution in [3.05, 3.63) is 29.8 Å². The van der Waals surface area contributed by atoms with E-state index < -0.39 is 21.9 Å². The van der Waals surface area contributed by atoms with E-state index in [0.717, 1.165) is 4.31 Å². The molecule has 21 heavy (non-hydrogen) atoms. The van der Waals surface area contributed by atoms with Gasteiger partial charge >= 0.3 is 5.97 Å². The molecule has 3 N–H and O–H groups in total. The predicted molar refractivity (Wildman–Crippen MR) is 76.2 cm³/mol. The third-order valence-electron chi connectivity index (χ3n) is 2.87. The first-order valence-corrected chi connectivity index (χ1v) is 7.73. The second-order valence-electron chi connectivity index (χ2n) is 4.74. The molecule has 1 rings (SSSR count). The van der Waals surface area contributed by atoms with Crippen LogP contribution in [0, 0.1) is 0 Å². The van der Waals surface area contributed by atoms with Crippen molar-refractivity contribution in [2.75, 3.05) is 6.54 Å². The van der Waals surface area contributed by atoms with Crippen LogP contribution in [0.2, 0.25) is 0 Å². The summed E-state index contributed by atoms with van der Waals surface area (Å²) in [5.74, 6) is -1.72. The number of rotatable bonds is 7. The van der Waals surface area contributed by atoms with E-state index in [1.54, 1.807) is 13.8 Å². The maximum atomic E-state index is 12.5. The Bertz CT molecular complexity index is 622. The third kappa shape index (κ3) is 4.27. The molecule has 0 spiro atoms. The van der Waals surface area contributed by atoms with Crippen LogP contribution in [-0.4, -0.2) is 42.3 Å². The van der Waals surface area contributed by atoms with Gasteiger partial charge in [-0.25, -0.2) is 8.42 Å². The minimum atomic E-state index is -3.82. The molecule has 0 radical (unpaired) electrons. The molecule has 0 aliphatic carbocycles. The molecule has 0 heterocycles. The number of nitrogens with zero attached hydrogens (tertiary/aromatic N) is 1. The van der Waals surface area contributed by atoms with Crippen LogP contribution in [0.25, 0.3) is 0 Å². The molecule has 0 saturated carbocycles. The van der Waals surface area contributed by atoms with Crippen LogP contribution >= 0.6 is 0 Å². The topological polar surface area (TPSA) is 118 Å². The van der Waals surface area contributed by atoms with E-state index >= 15 is 0 Å². The maximum Gasteiger partial charge on any atom is 0.304 e. The average molecular weight is 314 g/mol. The van der Waals surface area contributed by atoms with Gasteiger partial charge in [0.1, 0.15) is 0 Å². The average Bonchev–Trinajstić information content (AvgIpc) is 2.37. The van der Waals surface area contributed by atoms with E-state index in [4.69, 9.17) is 10.8 Å². The molecule has 1 amide bonds. The highest BCUT2D eigenvalue weighted by Crippen LogP contribution is 2.19. The van der Waals surface area contributed by atoms with Crippen LogP contribution in [-0.2, 0) is 14.8 Å². The molecule has 116 valence electrons. The van der Waals surface area contributed by atoms with Gasteiger partial charge in [-0.05, 0) is 38.1 Å². The summed E-state index contributed by atoms with van der Waals surface area (Å²) < 4.78 is 26.1. The van der Waals surface area contributed by atoms with Gasteiger partial charge in [-0.2, -0.15) is 4.31 Å². The van der Waals surface area contributed by atoms with Gasteiger partial charge < -0.3 is 10.8 Å². The third-order valence-corrected chi connectivity index (χ3v) is 4.96. The Morgan fingerprint density at radius 1 is 1.24 bits per heavy atom. The Morgan fingerprint density at radius 2 is 1.76 bits per heavy atom. The fraction of sp³-hybridized carbons (Fsp3) is 0.385. The highest BCUT2D eigenvalue weighted by atomic mass is 32.2. The highest BCUT2D eigenvalue weighted by molar-refractivity contribution is 7.89. The molecular formula is C13H18N2O5S. The number of aliphatic carboxylic acids is 1. The van der Waals surface area contributed by atoms with Gasteiger partial charge in [0.25, 0.3) is 0 Å². The molecule has 1 aromatic rings. The lowest BCUT2D eigenvalue weighted by Gasteiger charge is -2.25. The Morgan fingerprint density at radius 3 is 2.14 bits per heavy atom. The molecule has 0 atom stereocenters. The van der Waals surface area contributed by atoms with Crippen molar-refractivity contribution in [3.63, 3.8) is 0 Å². The minimum absolute atomic E-state index is 0.00779. The van der Waals surface area contributed by atoms with Crippen molar-refractivity contribution < 1.29 is 23.1 Å². The molecule has 0 aliphatic rings. The summed E-state index contributed by atoms with van der Waals surface area (Å²) in [6.45, 7) is 3.21. The molecule has 0 unspecified atom stereocenters. The standard InChI is InChI=1S/C13H18N2O5S/c1-9(2)15(8-7-12(16)17)21(19,20)11-5-3-10(4-6-11)13(14)18/h3-6,9H,7-8H2,1-2H3,(H2,14,18)(H,16,17). The van der Waals surface area contributed by atoms with Crippen molar-refractivity contribution in [1.29, 1.82) is 0 Å². The summed E-state index contributed by atoms with van der Waals surface area (Å²) in [6, 6.07) is 4.83. The molecule has 0 aromatic heterocycles. The van der Waals surface area contributed by atoms with E-state index in [2.05, 4.69) is 0 Å².